The van der Waals surface area contributed by atoms with Crippen molar-refractivity contribution in [1.29, 1.82) is 0 Å². The molecule has 0 spiro atoms. The van der Waals surface area contributed by atoms with Crippen LogP contribution in [0.2, 0.25) is 0 Å². The van der Waals surface area contributed by atoms with Gasteiger partial charge in [-0.05, 0) is 18.8 Å². The summed E-state index contributed by atoms with van der Waals surface area (Å²) < 4.78 is 1.52. The topological polar surface area (TPSA) is 72.2 Å². The third-order valence-electron chi connectivity index (χ3n) is 3.25. The number of rotatable bonds is 2. The van der Waals surface area contributed by atoms with Gasteiger partial charge in [-0.15, -0.1) is 0 Å². The molecule has 0 saturated carbocycles. The van der Waals surface area contributed by atoms with Gasteiger partial charge in [0.15, 0.2) is 0 Å². The fourth-order valence-corrected chi connectivity index (χ4v) is 2.27. The molecule has 1 atom stereocenters. The number of aromatic nitrogens is 2. The van der Waals surface area contributed by atoms with E-state index in [2.05, 4.69) is 11.9 Å². The van der Waals surface area contributed by atoms with Crippen molar-refractivity contribution in [2.24, 2.45) is 5.92 Å². The predicted octanol–water partition coefficient (Wildman–Crippen LogP) is 1.09. The van der Waals surface area contributed by atoms with E-state index in [4.69, 9.17) is 5.11 Å². The smallest absolute Gasteiger partial charge is 0.343 e. The second kappa shape index (κ2) is 4.31. The van der Waals surface area contributed by atoms with Gasteiger partial charge in [0.2, 0.25) is 0 Å². The van der Waals surface area contributed by atoms with Gasteiger partial charge in [-0.3, -0.25) is 9.36 Å². The maximum absolute atomic E-state index is 12.1. The van der Waals surface area contributed by atoms with Gasteiger partial charge in [0.25, 0.3) is 5.56 Å². The highest BCUT2D eigenvalue weighted by molar-refractivity contribution is 5.88. The molecule has 1 N–H and O–H groups in total. The lowest BCUT2D eigenvalue weighted by Gasteiger charge is -2.23. The number of aromatic carboxylic acids is 1. The molecule has 0 fully saturated rings. The van der Waals surface area contributed by atoms with E-state index in [0.717, 1.165) is 18.7 Å². The Bertz CT molecular complexity index is 519. The van der Waals surface area contributed by atoms with Crippen molar-refractivity contribution in [3.05, 3.63) is 27.4 Å². The second-order valence-electron chi connectivity index (χ2n) is 4.56. The monoisotopic (exact) mass is 236 g/mol. The van der Waals surface area contributed by atoms with Crippen LogP contribution in [0.5, 0.6) is 0 Å². The number of carboxylic acids is 1. The van der Waals surface area contributed by atoms with Gasteiger partial charge < -0.3 is 5.11 Å². The standard InChI is InChI=1S/C12H16N2O3/c1-3-8-10(12(16)17)11(15)14-5-4-7(2)6-9(14)13-8/h7H,3-6H2,1-2H3,(H,16,17). The highest BCUT2D eigenvalue weighted by Crippen LogP contribution is 2.18. The number of hydrogen-bond acceptors (Lipinski definition) is 3. The zero-order valence-electron chi connectivity index (χ0n) is 10.1. The Morgan fingerprint density at radius 3 is 2.88 bits per heavy atom. The van der Waals surface area contributed by atoms with Crippen LogP contribution in [-0.2, 0) is 19.4 Å². The molecule has 17 heavy (non-hydrogen) atoms. The fourth-order valence-electron chi connectivity index (χ4n) is 2.27. The van der Waals surface area contributed by atoms with Crippen molar-refractivity contribution in [3.63, 3.8) is 0 Å². The van der Waals surface area contributed by atoms with E-state index in [0.29, 0.717) is 24.6 Å². The molecule has 0 bridgehead atoms. The molecule has 1 aromatic rings. The Balaban J connectivity index is 2.65. The maximum atomic E-state index is 12.1. The summed E-state index contributed by atoms with van der Waals surface area (Å²) in [7, 11) is 0. The molecule has 1 aliphatic rings. The number of nitrogens with zero attached hydrogens (tertiary/aromatic N) is 2. The molecular weight excluding hydrogens is 220 g/mol. The Hall–Kier alpha value is -1.65. The lowest BCUT2D eigenvalue weighted by atomic mass is 9.99. The second-order valence-corrected chi connectivity index (χ2v) is 4.56. The molecule has 1 aromatic heterocycles. The molecule has 0 amide bonds. The lowest BCUT2D eigenvalue weighted by Crippen LogP contribution is -2.36. The number of aryl methyl sites for hydroxylation is 1. The molecule has 2 rings (SSSR count). The van der Waals surface area contributed by atoms with E-state index >= 15 is 0 Å². The predicted molar refractivity (Wildman–Crippen MR) is 62.3 cm³/mol. The minimum atomic E-state index is -1.17. The largest absolute Gasteiger partial charge is 0.477 e. The maximum Gasteiger partial charge on any atom is 0.343 e. The quantitative estimate of drug-likeness (QED) is 0.834. The molecule has 0 saturated heterocycles. The number of carboxylic acid groups (broad SMARTS) is 1. The molecule has 1 aliphatic heterocycles. The van der Waals surface area contributed by atoms with Crippen molar-refractivity contribution in [2.75, 3.05) is 0 Å². The van der Waals surface area contributed by atoms with Crippen LogP contribution in [0.1, 0.15) is 42.1 Å². The molecule has 5 heteroatoms. The van der Waals surface area contributed by atoms with Crippen LogP contribution in [0.4, 0.5) is 0 Å². The van der Waals surface area contributed by atoms with Crippen LogP contribution in [0.25, 0.3) is 0 Å². The number of carbonyl (C=O) groups is 1. The SMILES string of the molecule is CCc1nc2n(c(=O)c1C(=O)O)CCC(C)C2. The first-order valence-electron chi connectivity index (χ1n) is 5.90. The van der Waals surface area contributed by atoms with Gasteiger partial charge >= 0.3 is 5.97 Å². The Labute approximate surface area is 99.1 Å². The van der Waals surface area contributed by atoms with Crippen molar-refractivity contribution in [1.82, 2.24) is 9.55 Å². The third-order valence-corrected chi connectivity index (χ3v) is 3.25. The van der Waals surface area contributed by atoms with Crippen molar-refractivity contribution >= 4 is 5.97 Å². The molecular formula is C12H16N2O3. The lowest BCUT2D eigenvalue weighted by molar-refractivity contribution is 0.0692. The van der Waals surface area contributed by atoms with Gasteiger partial charge in [0, 0.05) is 13.0 Å². The van der Waals surface area contributed by atoms with Gasteiger partial charge in [-0.1, -0.05) is 13.8 Å². The summed E-state index contributed by atoms with van der Waals surface area (Å²) in [5, 5.41) is 9.08. The summed E-state index contributed by atoms with van der Waals surface area (Å²) >= 11 is 0. The Kier molecular flexibility index (Phi) is 3.00. The average Bonchev–Trinajstić information content (AvgIpc) is 2.27. The van der Waals surface area contributed by atoms with E-state index in [1.165, 1.54) is 4.57 Å². The van der Waals surface area contributed by atoms with Gasteiger partial charge in [-0.25, -0.2) is 9.78 Å². The molecule has 2 heterocycles. The van der Waals surface area contributed by atoms with E-state index in [1.54, 1.807) is 0 Å². The average molecular weight is 236 g/mol. The highest BCUT2D eigenvalue weighted by Gasteiger charge is 2.24. The first kappa shape index (κ1) is 11.8. The van der Waals surface area contributed by atoms with Crippen molar-refractivity contribution in [2.45, 2.75) is 39.7 Å². The molecule has 1 unspecified atom stereocenters. The highest BCUT2D eigenvalue weighted by atomic mass is 16.4. The summed E-state index contributed by atoms with van der Waals surface area (Å²) in [5.74, 6) is 0.0613. The zero-order valence-corrected chi connectivity index (χ0v) is 10.1. The Morgan fingerprint density at radius 2 is 2.29 bits per heavy atom. The minimum Gasteiger partial charge on any atom is -0.477 e. The Morgan fingerprint density at radius 1 is 1.59 bits per heavy atom. The zero-order chi connectivity index (χ0) is 12.6. The summed E-state index contributed by atoms with van der Waals surface area (Å²) in [6.07, 6.45) is 2.13. The van der Waals surface area contributed by atoms with Gasteiger partial charge in [0.05, 0.1) is 5.69 Å². The van der Waals surface area contributed by atoms with E-state index in [-0.39, 0.29) is 5.56 Å². The van der Waals surface area contributed by atoms with E-state index in [9.17, 15) is 9.59 Å². The van der Waals surface area contributed by atoms with Gasteiger partial charge in [-0.2, -0.15) is 0 Å². The third kappa shape index (κ3) is 1.97. The van der Waals surface area contributed by atoms with E-state index < -0.39 is 11.5 Å². The number of fused-ring (bicyclic) bond motifs is 1. The van der Waals surface area contributed by atoms with Crippen molar-refractivity contribution in [3.8, 4) is 0 Å². The van der Waals surface area contributed by atoms with Crippen molar-refractivity contribution < 1.29 is 9.90 Å². The number of hydrogen-bond donors (Lipinski definition) is 1. The van der Waals surface area contributed by atoms with Crippen LogP contribution >= 0.6 is 0 Å². The summed E-state index contributed by atoms with van der Waals surface area (Å²) in [5.41, 5.74) is -0.153. The van der Waals surface area contributed by atoms with Crippen LogP contribution in [0, 0.1) is 5.92 Å². The summed E-state index contributed by atoms with van der Waals surface area (Å²) in [6, 6.07) is 0. The summed E-state index contributed by atoms with van der Waals surface area (Å²) in [4.78, 5) is 27.5. The first-order valence-corrected chi connectivity index (χ1v) is 5.90. The molecule has 0 aliphatic carbocycles. The van der Waals surface area contributed by atoms with Crippen LogP contribution in [0.3, 0.4) is 0 Å². The van der Waals surface area contributed by atoms with Crippen LogP contribution in [0.15, 0.2) is 4.79 Å². The molecule has 0 aromatic carbocycles. The first-order chi connectivity index (χ1) is 8.04. The minimum absolute atomic E-state index is 0.161. The van der Waals surface area contributed by atoms with Crippen LogP contribution in [-0.4, -0.2) is 20.6 Å². The van der Waals surface area contributed by atoms with E-state index in [1.807, 2.05) is 6.92 Å². The normalized spacial score (nSPS) is 18.8. The fraction of sp³-hybridized carbons (Fsp3) is 0.583. The molecule has 0 radical (unpaired) electrons. The molecule has 5 nitrogen and oxygen atoms in total. The van der Waals surface area contributed by atoms with Crippen LogP contribution < -0.4 is 5.56 Å². The van der Waals surface area contributed by atoms with Gasteiger partial charge in [0.1, 0.15) is 11.4 Å². The summed E-state index contributed by atoms with van der Waals surface area (Å²) in [6.45, 7) is 4.51. The molecule has 92 valence electrons.